The zero-order chi connectivity index (χ0) is 24.0. The fraction of sp³-hybridized carbons (Fsp3) is 0.407. The summed E-state index contributed by atoms with van der Waals surface area (Å²) in [5.41, 5.74) is 3.92. The Bertz CT molecular complexity index is 1120. The van der Waals surface area contributed by atoms with Gasteiger partial charge in [-0.25, -0.2) is 4.79 Å². The summed E-state index contributed by atoms with van der Waals surface area (Å²) in [5, 5.41) is 10.3. The average molecular weight is 451 g/mol. The molecule has 0 spiro atoms. The molecule has 0 unspecified atom stereocenters. The highest BCUT2D eigenvalue weighted by atomic mass is 16.5. The van der Waals surface area contributed by atoms with Crippen LogP contribution in [0, 0.1) is 0 Å². The molecule has 0 atom stereocenters. The molecule has 0 saturated carbocycles. The summed E-state index contributed by atoms with van der Waals surface area (Å²) in [6.07, 6.45) is 6.75. The predicted octanol–water partition coefficient (Wildman–Crippen LogP) is 5.52. The molecule has 0 aliphatic rings. The summed E-state index contributed by atoms with van der Waals surface area (Å²) in [4.78, 5) is 26.6. The molecule has 3 rings (SSSR count). The van der Waals surface area contributed by atoms with Gasteiger partial charge >= 0.3 is 5.97 Å². The summed E-state index contributed by atoms with van der Waals surface area (Å²) in [5.74, 6) is -0.356. The largest absolute Gasteiger partial charge is 0.496 e. The van der Waals surface area contributed by atoms with Crippen LogP contribution < -0.4 is 4.74 Å². The standard InChI is InChI=1S/C27H34N2O4/c1-5-7-13-29(14-8-6-2)26(30)20-11-12-24-23(16-20)22(18-28(24)3)15-19-9-10-21(27(31)32)17-25(19)33-4/h9-12,16-18H,5-8,13-15H2,1-4H3,(H,31,32). The Balaban J connectivity index is 1.96. The van der Waals surface area contributed by atoms with Crippen LogP contribution in [0.3, 0.4) is 0 Å². The van der Waals surface area contributed by atoms with Crippen molar-refractivity contribution in [2.45, 2.75) is 46.0 Å². The number of unbranched alkanes of at least 4 members (excludes halogenated alkanes) is 2. The number of fused-ring (bicyclic) bond motifs is 1. The van der Waals surface area contributed by atoms with Gasteiger partial charge in [-0.3, -0.25) is 4.79 Å². The number of nitrogens with zero attached hydrogens (tertiary/aromatic N) is 2. The maximum absolute atomic E-state index is 13.3. The van der Waals surface area contributed by atoms with Gasteiger partial charge in [-0.15, -0.1) is 0 Å². The number of hydrogen-bond donors (Lipinski definition) is 1. The fourth-order valence-electron chi connectivity index (χ4n) is 4.17. The van der Waals surface area contributed by atoms with E-state index in [1.54, 1.807) is 25.3 Å². The summed E-state index contributed by atoms with van der Waals surface area (Å²) >= 11 is 0. The van der Waals surface area contributed by atoms with Crippen LogP contribution in [0.1, 0.15) is 71.4 Å². The second kappa shape index (κ2) is 11.0. The van der Waals surface area contributed by atoms with Gasteiger partial charge in [0.2, 0.25) is 0 Å². The van der Waals surface area contributed by atoms with E-state index in [1.807, 2.05) is 30.1 Å². The minimum absolute atomic E-state index is 0.0806. The smallest absolute Gasteiger partial charge is 0.335 e. The highest BCUT2D eigenvalue weighted by Gasteiger charge is 2.18. The molecule has 6 heteroatoms. The van der Waals surface area contributed by atoms with Gasteiger partial charge in [-0.05, 0) is 54.3 Å². The quantitative estimate of drug-likeness (QED) is 0.418. The number of carbonyl (C=O) groups excluding carboxylic acids is 1. The first-order chi connectivity index (χ1) is 15.9. The molecular weight excluding hydrogens is 416 g/mol. The number of carbonyl (C=O) groups is 2. The Kier molecular flexibility index (Phi) is 8.15. The number of amides is 1. The van der Waals surface area contributed by atoms with Crippen LogP contribution in [0.25, 0.3) is 10.9 Å². The SMILES string of the molecule is CCCCN(CCCC)C(=O)c1ccc2c(c1)c(Cc1ccc(C(=O)O)cc1OC)cn2C. The molecule has 0 bridgehead atoms. The van der Waals surface area contributed by atoms with E-state index < -0.39 is 5.97 Å². The lowest BCUT2D eigenvalue weighted by Crippen LogP contribution is -2.32. The van der Waals surface area contributed by atoms with E-state index in [9.17, 15) is 14.7 Å². The topological polar surface area (TPSA) is 71.8 Å². The lowest BCUT2D eigenvalue weighted by atomic mass is 10.0. The minimum Gasteiger partial charge on any atom is -0.496 e. The van der Waals surface area contributed by atoms with Gasteiger partial charge in [0.15, 0.2) is 0 Å². The first kappa shape index (κ1) is 24.4. The number of hydrogen-bond acceptors (Lipinski definition) is 3. The van der Waals surface area contributed by atoms with Crippen LogP contribution >= 0.6 is 0 Å². The van der Waals surface area contributed by atoms with Crippen LogP contribution in [0.4, 0.5) is 0 Å². The summed E-state index contributed by atoms with van der Waals surface area (Å²) in [6, 6.07) is 10.9. The van der Waals surface area contributed by atoms with Crippen LogP contribution in [0.2, 0.25) is 0 Å². The Labute approximate surface area is 195 Å². The van der Waals surface area contributed by atoms with Gasteiger partial charge in [0.05, 0.1) is 12.7 Å². The zero-order valence-corrected chi connectivity index (χ0v) is 20.1. The van der Waals surface area contributed by atoms with Gasteiger partial charge in [-0.2, -0.15) is 0 Å². The van der Waals surface area contributed by atoms with E-state index in [0.29, 0.717) is 17.7 Å². The molecule has 2 aromatic carbocycles. The van der Waals surface area contributed by atoms with E-state index >= 15 is 0 Å². The molecule has 0 aliphatic heterocycles. The number of benzene rings is 2. The lowest BCUT2D eigenvalue weighted by molar-refractivity contribution is 0.0695. The highest BCUT2D eigenvalue weighted by molar-refractivity contribution is 5.99. The Morgan fingerprint density at radius 3 is 2.24 bits per heavy atom. The van der Waals surface area contributed by atoms with Crippen molar-refractivity contribution in [2.24, 2.45) is 7.05 Å². The first-order valence-corrected chi connectivity index (χ1v) is 11.7. The molecule has 0 fully saturated rings. The molecule has 1 N–H and O–H groups in total. The van der Waals surface area contributed by atoms with E-state index in [4.69, 9.17) is 4.74 Å². The zero-order valence-electron chi connectivity index (χ0n) is 20.1. The maximum Gasteiger partial charge on any atom is 0.335 e. The number of aryl methyl sites for hydroxylation is 1. The number of aromatic carboxylic acids is 1. The molecule has 1 aromatic heterocycles. The molecule has 1 heterocycles. The molecule has 0 aliphatic carbocycles. The van der Waals surface area contributed by atoms with Crippen LogP contribution in [0.15, 0.2) is 42.6 Å². The normalized spacial score (nSPS) is 11.0. The number of ether oxygens (including phenoxy) is 1. The van der Waals surface area contributed by atoms with Crippen molar-refractivity contribution < 1.29 is 19.4 Å². The molecule has 1 amide bonds. The van der Waals surface area contributed by atoms with E-state index in [1.165, 1.54) is 0 Å². The monoisotopic (exact) mass is 450 g/mol. The highest BCUT2D eigenvalue weighted by Crippen LogP contribution is 2.29. The van der Waals surface area contributed by atoms with Crippen LogP contribution in [-0.2, 0) is 13.5 Å². The van der Waals surface area contributed by atoms with Crippen molar-refractivity contribution in [3.63, 3.8) is 0 Å². The Morgan fingerprint density at radius 1 is 0.970 bits per heavy atom. The second-order valence-electron chi connectivity index (χ2n) is 8.51. The van der Waals surface area contributed by atoms with Crippen LogP contribution in [0.5, 0.6) is 5.75 Å². The van der Waals surface area contributed by atoms with Crippen molar-refractivity contribution >= 4 is 22.8 Å². The summed E-state index contributed by atoms with van der Waals surface area (Å²) in [7, 11) is 3.54. The molecule has 176 valence electrons. The number of carboxylic acid groups (broad SMARTS) is 1. The number of aromatic nitrogens is 1. The molecule has 6 nitrogen and oxygen atoms in total. The molecule has 0 saturated heterocycles. The van der Waals surface area contributed by atoms with Crippen molar-refractivity contribution in [1.29, 1.82) is 0 Å². The van der Waals surface area contributed by atoms with Gasteiger partial charge in [0, 0.05) is 49.2 Å². The molecule has 33 heavy (non-hydrogen) atoms. The van der Waals surface area contributed by atoms with Crippen molar-refractivity contribution in [3.8, 4) is 5.75 Å². The molecule has 3 aromatic rings. The lowest BCUT2D eigenvalue weighted by Gasteiger charge is -2.22. The van der Waals surface area contributed by atoms with Gasteiger partial charge in [-0.1, -0.05) is 32.8 Å². The van der Waals surface area contributed by atoms with Crippen molar-refractivity contribution in [2.75, 3.05) is 20.2 Å². The third-order valence-electron chi connectivity index (χ3n) is 6.08. The third-order valence-corrected chi connectivity index (χ3v) is 6.08. The Hall–Kier alpha value is -3.28. The van der Waals surface area contributed by atoms with Crippen molar-refractivity contribution in [1.82, 2.24) is 9.47 Å². The van der Waals surface area contributed by atoms with Gasteiger partial charge < -0.3 is 19.3 Å². The number of carboxylic acids is 1. The summed E-state index contributed by atoms with van der Waals surface area (Å²) in [6.45, 7) is 5.84. The molecule has 0 radical (unpaired) electrons. The maximum atomic E-state index is 13.3. The van der Waals surface area contributed by atoms with Gasteiger partial charge in [0.1, 0.15) is 5.75 Å². The van der Waals surface area contributed by atoms with E-state index in [0.717, 1.165) is 60.8 Å². The van der Waals surface area contributed by atoms with Gasteiger partial charge in [0.25, 0.3) is 5.91 Å². The van der Waals surface area contributed by atoms with E-state index in [2.05, 4.69) is 24.6 Å². The fourth-order valence-corrected chi connectivity index (χ4v) is 4.17. The second-order valence-corrected chi connectivity index (χ2v) is 8.51. The minimum atomic E-state index is -0.983. The summed E-state index contributed by atoms with van der Waals surface area (Å²) < 4.78 is 7.52. The van der Waals surface area contributed by atoms with E-state index in [-0.39, 0.29) is 11.5 Å². The average Bonchev–Trinajstić information content (AvgIpc) is 3.13. The first-order valence-electron chi connectivity index (χ1n) is 11.7. The Morgan fingerprint density at radius 2 is 1.64 bits per heavy atom. The predicted molar refractivity (Wildman–Crippen MR) is 131 cm³/mol. The number of methoxy groups -OCH3 is 1. The third kappa shape index (κ3) is 5.56. The number of rotatable bonds is 11. The van der Waals surface area contributed by atoms with Crippen molar-refractivity contribution in [3.05, 3.63) is 64.8 Å². The van der Waals surface area contributed by atoms with Crippen LogP contribution in [-0.4, -0.2) is 46.6 Å². The molecular formula is C27H34N2O4.